The standard InChI is InChI=1S/C27H38N4/c1-4-5-6-14-30(3)21-23-8-11-25(12-9-23)27-13-10-24(19-26(27)20-28)22-31-16-7-15-29(2)17-18-31/h8-13,19H,4-7,14-18,21-22H2,1-3H3. The smallest absolute Gasteiger partial charge is 0.0998 e. The lowest BCUT2D eigenvalue weighted by Crippen LogP contribution is -2.28. The highest BCUT2D eigenvalue weighted by Crippen LogP contribution is 2.26. The van der Waals surface area contributed by atoms with Crippen LogP contribution in [-0.2, 0) is 13.1 Å². The first-order chi connectivity index (χ1) is 15.1. The Morgan fingerprint density at radius 3 is 2.48 bits per heavy atom. The van der Waals surface area contributed by atoms with Gasteiger partial charge in [-0.3, -0.25) is 4.90 Å². The van der Waals surface area contributed by atoms with Crippen molar-refractivity contribution >= 4 is 0 Å². The lowest BCUT2D eigenvalue weighted by atomic mass is 9.97. The van der Waals surface area contributed by atoms with Crippen molar-refractivity contribution in [2.24, 2.45) is 0 Å². The molecule has 0 aromatic heterocycles. The molecule has 1 fully saturated rings. The number of hydrogen-bond donors (Lipinski definition) is 0. The zero-order valence-corrected chi connectivity index (χ0v) is 19.6. The van der Waals surface area contributed by atoms with Gasteiger partial charge in [0.15, 0.2) is 0 Å². The Morgan fingerprint density at radius 2 is 1.74 bits per heavy atom. The molecule has 0 N–H and O–H groups in total. The second-order valence-electron chi connectivity index (χ2n) is 9.07. The molecule has 0 unspecified atom stereocenters. The lowest BCUT2D eigenvalue weighted by Gasteiger charge is -2.20. The maximum atomic E-state index is 9.79. The number of benzene rings is 2. The molecular weight excluding hydrogens is 380 g/mol. The summed E-state index contributed by atoms with van der Waals surface area (Å²) in [5, 5.41) is 9.79. The number of nitriles is 1. The van der Waals surface area contributed by atoms with Gasteiger partial charge in [0.25, 0.3) is 0 Å². The van der Waals surface area contributed by atoms with Gasteiger partial charge in [-0.2, -0.15) is 5.26 Å². The molecule has 1 aliphatic rings. The van der Waals surface area contributed by atoms with Crippen LogP contribution in [0, 0.1) is 11.3 Å². The molecule has 0 radical (unpaired) electrons. The molecule has 2 aromatic rings. The van der Waals surface area contributed by atoms with Crippen LogP contribution >= 0.6 is 0 Å². The number of hydrogen-bond acceptors (Lipinski definition) is 4. The molecule has 1 heterocycles. The van der Waals surface area contributed by atoms with Crippen molar-refractivity contribution < 1.29 is 0 Å². The fourth-order valence-corrected chi connectivity index (χ4v) is 4.36. The van der Waals surface area contributed by atoms with Crippen molar-refractivity contribution in [2.45, 2.75) is 45.7 Å². The van der Waals surface area contributed by atoms with Gasteiger partial charge in [-0.05, 0) is 74.9 Å². The largest absolute Gasteiger partial charge is 0.305 e. The van der Waals surface area contributed by atoms with Crippen LogP contribution in [-0.4, -0.2) is 61.5 Å². The average molecular weight is 419 g/mol. The normalized spacial score (nSPS) is 15.7. The molecule has 1 aliphatic heterocycles. The summed E-state index contributed by atoms with van der Waals surface area (Å²) in [5.74, 6) is 0. The zero-order valence-electron chi connectivity index (χ0n) is 19.6. The van der Waals surface area contributed by atoms with Gasteiger partial charge in [-0.15, -0.1) is 0 Å². The summed E-state index contributed by atoms with van der Waals surface area (Å²) in [4.78, 5) is 7.29. The third kappa shape index (κ3) is 7.18. The van der Waals surface area contributed by atoms with Crippen LogP contribution in [0.3, 0.4) is 0 Å². The molecule has 2 aromatic carbocycles. The summed E-state index contributed by atoms with van der Waals surface area (Å²) in [5.41, 5.74) is 5.48. The summed E-state index contributed by atoms with van der Waals surface area (Å²) in [6.45, 7) is 9.78. The van der Waals surface area contributed by atoms with Gasteiger partial charge in [-0.25, -0.2) is 0 Å². The molecule has 0 saturated carbocycles. The van der Waals surface area contributed by atoms with Gasteiger partial charge in [0, 0.05) is 26.2 Å². The van der Waals surface area contributed by atoms with Crippen molar-refractivity contribution in [3.05, 3.63) is 59.2 Å². The SMILES string of the molecule is CCCCCN(C)Cc1ccc(-c2ccc(CN3CCCN(C)CC3)cc2C#N)cc1. The highest BCUT2D eigenvalue weighted by molar-refractivity contribution is 5.71. The van der Waals surface area contributed by atoms with Crippen molar-refractivity contribution in [3.63, 3.8) is 0 Å². The van der Waals surface area contributed by atoms with Crippen LogP contribution in [0.2, 0.25) is 0 Å². The maximum Gasteiger partial charge on any atom is 0.0998 e. The minimum absolute atomic E-state index is 0.772. The molecule has 4 heteroatoms. The topological polar surface area (TPSA) is 33.5 Å². The van der Waals surface area contributed by atoms with Crippen LogP contribution in [0.5, 0.6) is 0 Å². The Hall–Kier alpha value is -2.19. The quantitative estimate of drug-likeness (QED) is 0.538. The molecule has 1 saturated heterocycles. The predicted molar refractivity (Wildman–Crippen MR) is 130 cm³/mol. The number of rotatable bonds is 9. The highest BCUT2D eigenvalue weighted by Gasteiger charge is 2.14. The van der Waals surface area contributed by atoms with Gasteiger partial charge >= 0.3 is 0 Å². The van der Waals surface area contributed by atoms with E-state index in [-0.39, 0.29) is 0 Å². The molecule has 0 atom stereocenters. The van der Waals surface area contributed by atoms with Crippen LogP contribution in [0.15, 0.2) is 42.5 Å². The minimum atomic E-state index is 0.772. The average Bonchev–Trinajstić information content (AvgIpc) is 2.98. The predicted octanol–water partition coefficient (Wildman–Crippen LogP) is 4.98. The summed E-state index contributed by atoms with van der Waals surface area (Å²) in [6.07, 6.45) is 5.03. The van der Waals surface area contributed by atoms with Gasteiger partial charge in [0.1, 0.15) is 0 Å². The molecule has 31 heavy (non-hydrogen) atoms. The fraction of sp³-hybridized carbons (Fsp3) is 0.519. The lowest BCUT2D eigenvalue weighted by molar-refractivity contribution is 0.269. The number of nitrogens with zero attached hydrogens (tertiary/aromatic N) is 4. The second kappa shape index (κ2) is 12.0. The monoisotopic (exact) mass is 418 g/mol. The van der Waals surface area contributed by atoms with E-state index in [9.17, 15) is 5.26 Å². The second-order valence-corrected chi connectivity index (χ2v) is 9.07. The molecule has 0 spiro atoms. The Labute approximate surface area is 189 Å². The third-order valence-corrected chi connectivity index (χ3v) is 6.28. The van der Waals surface area contributed by atoms with Crippen molar-refractivity contribution in [3.8, 4) is 17.2 Å². The Kier molecular flexibility index (Phi) is 9.09. The first kappa shape index (κ1) is 23.5. The molecular formula is C27H38N4. The molecule has 0 amide bonds. The number of likely N-dealkylation sites (N-methyl/N-ethyl adjacent to an activating group) is 1. The zero-order chi connectivity index (χ0) is 22.1. The van der Waals surface area contributed by atoms with E-state index in [1.807, 2.05) is 0 Å². The van der Waals surface area contributed by atoms with E-state index in [4.69, 9.17) is 0 Å². The molecule has 0 aliphatic carbocycles. The summed E-state index contributed by atoms with van der Waals surface area (Å²) >= 11 is 0. The van der Waals surface area contributed by atoms with Crippen LogP contribution in [0.4, 0.5) is 0 Å². The first-order valence-corrected chi connectivity index (χ1v) is 11.8. The molecule has 3 rings (SSSR count). The number of unbranched alkanes of at least 4 members (excludes halogenated alkanes) is 2. The Bertz CT molecular complexity index is 853. The van der Waals surface area contributed by atoms with Crippen LogP contribution < -0.4 is 0 Å². The first-order valence-electron chi connectivity index (χ1n) is 11.8. The van der Waals surface area contributed by atoms with Crippen molar-refractivity contribution in [1.29, 1.82) is 5.26 Å². The van der Waals surface area contributed by atoms with E-state index in [2.05, 4.69) is 84.3 Å². The van der Waals surface area contributed by atoms with Crippen LogP contribution in [0.1, 0.15) is 49.3 Å². The van der Waals surface area contributed by atoms with E-state index in [1.54, 1.807) is 0 Å². The van der Waals surface area contributed by atoms with Crippen molar-refractivity contribution in [1.82, 2.24) is 14.7 Å². The van der Waals surface area contributed by atoms with E-state index in [0.29, 0.717) is 0 Å². The van der Waals surface area contributed by atoms with Crippen LogP contribution in [0.25, 0.3) is 11.1 Å². The van der Waals surface area contributed by atoms with Gasteiger partial charge in [-0.1, -0.05) is 56.2 Å². The highest BCUT2D eigenvalue weighted by atomic mass is 15.2. The summed E-state index contributed by atoms with van der Waals surface area (Å²) in [6, 6.07) is 17.6. The Balaban J connectivity index is 1.65. The van der Waals surface area contributed by atoms with Gasteiger partial charge in [0.2, 0.25) is 0 Å². The maximum absolute atomic E-state index is 9.79. The molecule has 166 valence electrons. The van der Waals surface area contributed by atoms with E-state index in [1.165, 1.54) is 43.4 Å². The summed E-state index contributed by atoms with van der Waals surface area (Å²) in [7, 11) is 4.39. The van der Waals surface area contributed by atoms with Gasteiger partial charge in [0.05, 0.1) is 11.6 Å². The molecule has 0 bridgehead atoms. The van der Waals surface area contributed by atoms with Crippen molar-refractivity contribution in [2.75, 3.05) is 46.8 Å². The minimum Gasteiger partial charge on any atom is -0.305 e. The molecule has 4 nitrogen and oxygen atoms in total. The fourth-order valence-electron chi connectivity index (χ4n) is 4.36. The van der Waals surface area contributed by atoms with Gasteiger partial charge < -0.3 is 9.80 Å². The van der Waals surface area contributed by atoms with E-state index >= 15 is 0 Å². The van der Waals surface area contributed by atoms with E-state index < -0.39 is 0 Å². The Morgan fingerprint density at radius 1 is 0.968 bits per heavy atom. The third-order valence-electron chi connectivity index (χ3n) is 6.28. The van der Waals surface area contributed by atoms with E-state index in [0.717, 1.165) is 56.0 Å². The summed E-state index contributed by atoms with van der Waals surface area (Å²) < 4.78 is 0.